The molecule has 0 spiro atoms. The molecule has 3 heterocycles. The molecule has 3 aromatic heterocycles. The lowest BCUT2D eigenvalue weighted by Crippen LogP contribution is -2.13. The van der Waals surface area contributed by atoms with Crippen molar-refractivity contribution in [2.24, 2.45) is 7.05 Å². The number of hydrogen-bond donors (Lipinski definition) is 1. The van der Waals surface area contributed by atoms with Gasteiger partial charge in [0, 0.05) is 17.5 Å². The fraction of sp³-hybridized carbons (Fsp3) is 0.238. The zero-order valence-corrected chi connectivity index (χ0v) is 16.5. The number of rotatable bonds is 3. The van der Waals surface area contributed by atoms with E-state index in [2.05, 4.69) is 15.4 Å². The molecule has 0 saturated heterocycles. The fourth-order valence-electron chi connectivity index (χ4n) is 3.79. The Morgan fingerprint density at radius 2 is 2.00 bits per heavy atom. The number of anilines is 1. The highest BCUT2D eigenvalue weighted by atomic mass is 32.1. The van der Waals surface area contributed by atoms with Crippen LogP contribution in [0.1, 0.15) is 33.0 Å². The van der Waals surface area contributed by atoms with Crippen LogP contribution in [0, 0.1) is 6.92 Å². The van der Waals surface area contributed by atoms with Crippen molar-refractivity contribution in [2.75, 3.05) is 5.32 Å². The second kappa shape index (κ2) is 6.53. The van der Waals surface area contributed by atoms with E-state index in [1.54, 1.807) is 16.0 Å². The minimum Gasteiger partial charge on any atom is -0.298 e. The summed E-state index contributed by atoms with van der Waals surface area (Å²) >= 11 is 1.58. The summed E-state index contributed by atoms with van der Waals surface area (Å²) in [5.41, 5.74) is 4.91. The van der Waals surface area contributed by atoms with E-state index in [4.69, 9.17) is 4.98 Å². The lowest BCUT2D eigenvalue weighted by molar-refractivity contribution is 0.102. The maximum absolute atomic E-state index is 13.2. The Morgan fingerprint density at radius 1 is 1.18 bits per heavy atom. The van der Waals surface area contributed by atoms with Crippen molar-refractivity contribution in [2.45, 2.75) is 26.2 Å². The summed E-state index contributed by atoms with van der Waals surface area (Å²) in [5, 5.41) is 8.93. The number of nitrogens with zero attached hydrogens (tertiary/aromatic N) is 4. The minimum absolute atomic E-state index is 0.173. The molecule has 0 radical (unpaired) electrons. The monoisotopic (exact) mass is 389 g/mol. The van der Waals surface area contributed by atoms with Crippen LogP contribution in [0.3, 0.4) is 0 Å². The summed E-state index contributed by atoms with van der Waals surface area (Å²) in [5.74, 6) is -0.173. The first kappa shape index (κ1) is 17.1. The van der Waals surface area contributed by atoms with Crippen molar-refractivity contribution in [1.82, 2.24) is 19.7 Å². The van der Waals surface area contributed by atoms with Crippen molar-refractivity contribution >= 4 is 33.4 Å². The third-order valence-electron chi connectivity index (χ3n) is 5.10. The summed E-state index contributed by atoms with van der Waals surface area (Å²) in [7, 11) is 1.85. The van der Waals surface area contributed by atoms with E-state index in [1.165, 1.54) is 4.88 Å². The molecule has 4 aromatic rings. The molecule has 5 rings (SSSR count). The maximum atomic E-state index is 13.2. The molecule has 1 aliphatic carbocycles. The maximum Gasteiger partial charge on any atom is 0.258 e. The molecule has 0 bridgehead atoms. The van der Waals surface area contributed by atoms with Crippen LogP contribution in [-0.2, 0) is 19.9 Å². The van der Waals surface area contributed by atoms with Crippen LogP contribution >= 0.6 is 11.3 Å². The molecule has 1 N–H and O–H groups in total. The largest absolute Gasteiger partial charge is 0.298 e. The van der Waals surface area contributed by atoms with Gasteiger partial charge in [-0.2, -0.15) is 5.10 Å². The van der Waals surface area contributed by atoms with Gasteiger partial charge >= 0.3 is 0 Å². The summed E-state index contributed by atoms with van der Waals surface area (Å²) in [6, 6.07) is 11.7. The van der Waals surface area contributed by atoms with Crippen molar-refractivity contribution in [3.63, 3.8) is 0 Å². The molecule has 6 nitrogen and oxygen atoms in total. The minimum atomic E-state index is -0.173. The number of fused-ring (bicyclic) bond motifs is 2. The molecular formula is C21H19N5OS. The van der Waals surface area contributed by atoms with Gasteiger partial charge in [-0.25, -0.2) is 9.97 Å². The molecule has 7 heteroatoms. The highest BCUT2D eigenvalue weighted by Gasteiger charge is 2.22. The number of nitrogens with one attached hydrogen (secondary N) is 1. The Labute approximate surface area is 166 Å². The molecule has 0 atom stereocenters. The molecule has 0 unspecified atom stereocenters. The van der Waals surface area contributed by atoms with Gasteiger partial charge in [0.1, 0.15) is 0 Å². The van der Waals surface area contributed by atoms with Gasteiger partial charge < -0.3 is 0 Å². The van der Waals surface area contributed by atoms with Gasteiger partial charge in [-0.1, -0.05) is 30.3 Å². The van der Waals surface area contributed by atoms with Crippen LogP contribution in [0.5, 0.6) is 0 Å². The van der Waals surface area contributed by atoms with E-state index in [-0.39, 0.29) is 5.91 Å². The molecular weight excluding hydrogens is 370 g/mol. The molecule has 28 heavy (non-hydrogen) atoms. The topological polar surface area (TPSA) is 72.7 Å². The van der Waals surface area contributed by atoms with E-state index in [0.717, 1.165) is 47.3 Å². The summed E-state index contributed by atoms with van der Waals surface area (Å²) in [6.45, 7) is 1.90. The lowest BCUT2D eigenvalue weighted by atomic mass is 10.1. The van der Waals surface area contributed by atoms with E-state index >= 15 is 0 Å². The van der Waals surface area contributed by atoms with Gasteiger partial charge in [0.15, 0.2) is 10.8 Å². The van der Waals surface area contributed by atoms with Crippen molar-refractivity contribution in [1.29, 1.82) is 0 Å². The average molecular weight is 389 g/mol. The predicted molar refractivity (Wildman–Crippen MR) is 111 cm³/mol. The van der Waals surface area contributed by atoms with Crippen LogP contribution in [0.25, 0.3) is 22.3 Å². The quantitative estimate of drug-likeness (QED) is 0.571. The van der Waals surface area contributed by atoms with Gasteiger partial charge in [-0.05, 0) is 32.3 Å². The molecule has 1 amide bonds. The first-order chi connectivity index (χ1) is 13.6. The highest BCUT2D eigenvalue weighted by molar-refractivity contribution is 7.16. The van der Waals surface area contributed by atoms with Crippen molar-refractivity contribution < 1.29 is 4.79 Å². The van der Waals surface area contributed by atoms with E-state index < -0.39 is 0 Å². The van der Waals surface area contributed by atoms with E-state index in [9.17, 15) is 4.79 Å². The third kappa shape index (κ3) is 2.79. The van der Waals surface area contributed by atoms with Crippen molar-refractivity contribution in [3.05, 3.63) is 58.2 Å². The number of amides is 1. The van der Waals surface area contributed by atoms with Crippen LogP contribution in [0.15, 0.2) is 36.4 Å². The molecule has 0 saturated carbocycles. The van der Waals surface area contributed by atoms with Gasteiger partial charge in [-0.15, -0.1) is 11.3 Å². The van der Waals surface area contributed by atoms with Gasteiger partial charge in [0.2, 0.25) is 0 Å². The zero-order chi connectivity index (χ0) is 19.3. The Hall–Kier alpha value is -3.06. The number of carbonyl (C=O) groups excluding carboxylic acids is 1. The normalized spacial score (nSPS) is 13.1. The van der Waals surface area contributed by atoms with Crippen LogP contribution in [0.2, 0.25) is 0 Å². The fourth-order valence-corrected chi connectivity index (χ4v) is 4.83. The molecule has 1 aromatic carbocycles. The first-order valence-electron chi connectivity index (χ1n) is 9.30. The third-order valence-corrected chi connectivity index (χ3v) is 6.17. The standard InChI is InChI=1S/C21H19N5OS/c1-12-18-14(20(27)24-21-23-15-9-6-10-17(15)28-21)11-16(13-7-4-3-5-8-13)22-19(18)26(2)25-12/h3-5,7-8,11H,6,9-10H2,1-2H3,(H,23,24,27). The number of pyridine rings is 1. The summed E-state index contributed by atoms with van der Waals surface area (Å²) in [6.07, 6.45) is 3.21. The van der Waals surface area contributed by atoms with Crippen LogP contribution < -0.4 is 5.32 Å². The van der Waals surface area contributed by atoms with Gasteiger partial charge in [0.25, 0.3) is 5.91 Å². The molecule has 1 aliphatic rings. The summed E-state index contributed by atoms with van der Waals surface area (Å²) < 4.78 is 1.73. The number of aryl methyl sites for hydroxylation is 4. The first-order valence-corrected chi connectivity index (χ1v) is 10.1. The Bertz CT molecular complexity index is 1190. The highest BCUT2D eigenvalue weighted by Crippen LogP contribution is 2.32. The molecule has 0 fully saturated rings. The predicted octanol–water partition coefficient (Wildman–Crippen LogP) is 4.14. The molecule has 0 aliphatic heterocycles. The average Bonchev–Trinajstić information content (AvgIpc) is 3.36. The Balaban J connectivity index is 1.61. The lowest BCUT2D eigenvalue weighted by Gasteiger charge is -2.08. The number of carbonyl (C=O) groups is 1. The van der Waals surface area contributed by atoms with Gasteiger partial charge in [-0.3, -0.25) is 14.8 Å². The van der Waals surface area contributed by atoms with Crippen LogP contribution in [-0.4, -0.2) is 25.7 Å². The van der Waals surface area contributed by atoms with E-state index in [1.807, 2.05) is 50.4 Å². The zero-order valence-electron chi connectivity index (χ0n) is 15.7. The van der Waals surface area contributed by atoms with Crippen LogP contribution in [0.4, 0.5) is 5.13 Å². The second-order valence-electron chi connectivity index (χ2n) is 7.03. The van der Waals surface area contributed by atoms with Gasteiger partial charge in [0.05, 0.1) is 28.0 Å². The van der Waals surface area contributed by atoms with E-state index in [0.29, 0.717) is 16.3 Å². The Kier molecular flexibility index (Phi) is 3.98. The number of aromatic nitrogens is 4. The Morgan fingerprint density at radius 3 is 2.79 bits per heavy atom. The number of benzene rings is 1. The van der Waals surface area contributed by atoms with Crippen molar-refractivity contribution in [3.8, 4) is 11.3 Å². The summed E-state index contributed by atoms with van der Waals surface area (Å²) in [4.78, 5) is 23.8. The number of thiazole rings is 1. The number of hydrogen-bond acceptors (Lipinski definition) is 5. The second-order valence-corrected chi connectivity index (χ2v) is 8.11. The SMILES string of the molecule is Cc1nn(C)c2nc(-c3ccccc3)cc(C(=O)Nc3nc4c(s3)CCC4)c12. The molecule has 140 valence electrons. The smallest absolute Gasteiger partial charge is 0.258 e.